The first kappa shape index (κ1) is 17.0. The third-order valence-electron chi connectivity index (χ3n) is 4.51. The summed E-state index contributed by atoms with van der Waals surface area (Å²) in [5.41, 5.74) is 1.22. The Morgan fingerprint density at radius 3 is 2.78 bits per heavy atom. The molecule has 2 amide bonds. The molecule has 1 aromatic carbocycles. The van der Waals surface area contributed by atoms with E-state index in [0.717, 1.165) is 0 Å². The highest BCUT2D eigenvalue weighted by Gasteiger charge is 2.30. The maximum atomic E-state index is 13.3. The molecule has 0 saturated heterocycles. The van der Waals surface area contributed by atoms with Crippen LogP contribution in [0.25, 0.3) is 0 Å². The summed E-state index contributed by atoms with van der Waals surface area (Å²) in [5.74, 6) is -0.440. The summed E-state index contributed by atoms with van der Waals surface area (Å²) in [7, 11) is 1.62. The van der Waals surface area contributed by atoms with Crippen LogP contribution in [0.5, 0.6) is 0 Å². The van der Waals surface area contributed by atoms with Crippen molar-refractivity contribution in [3.8, 4) is 0 Å². The quantitative estimate of drug-likeness (QED) is 0.727. The molecule has 0 bridgehead atoms. The van der Waals surface area contributed by atoms with Crippen LogP contribution in [0.1, 0.15) is 38.4 Å². The van der Waals surface area contributed by atoms with E-state index < -0.39 is 6.04 Å². The number of hydrogen-bond acceptors (Lipinski definition) is 4. The Kier molecular flexibility index (Phi) is 4.19. The number of nitrogens with zero attached hydrogens (tertiary/aromatic N) is 4. The van der Waals surface area contributed by atoms with Crippen molar-refractivity contribution in [2.75, 3.05) is 13.6 Å². The number of rotatable bonds is 4. The number of imidazole rings is 1. The number of hydrogen-bond donors (Lipinski definition) is 2. The lowest BCUT2D eigenvalue weighted by atomic mass is 10.0. The molecule has 4 rings (SSSR count). The van der Waals surface area contributed by atoms with Crippen LogP contribution in [0.15, 0.2) is 42.7 Å². The van der Waals surface area contributed by atoms with Crippen LogP contribution in [-0.4, -0.2) is 50.1 Å². The molecule has 0 aliphatic carbocycles. The largest absolute Gasteiger partial charge is 0.349 e. The van der Waals surface area contributed by atoms with E-state index in [1.165, 1.54) is 27.8 Å². The van der Waals surface area contributed by atoms with Crippen LogP contribution in [0.3, 0.4) is 0 Å². The molecule has 1 unspecified atom stereocenters. The highest BCUT2D eigenvalue weighted by Crippen LogP contribution is 2.27. The standard InChI is InChI=1S/C18H17FN6O2/c1-24(18(27)13-10-14-17(26)22-8-9-25(14)23-13)15(16-20-6-7-21-16)11-2-4-12(19)5-3-11/h2-7,10,15H,8-9H2,1H3,(H,20,21)(H,22,26). The van der Waals surface area contributed by atoms with Crippen LogP contribution in [0.4, 0.5) is 4.39 Å². The van der Waals surface area contributed by atoms with Gasteiger partial charge in [0.15, 0.2) is 5.69 Å². The zero-order valence-electron chi connectivity index (χ0n) is 14.5. The minimum Gasteiger partial charge on any atom is -0.349 e. The molecule has 9 heteroatoms. The topological polar surface area (TPSA) is 95.9 Å². The van der Waals surface area contributed by atoms with E-state index in [1.54, 1.807) is 31.6 Å². The highest BCUT2D eigenvalue weighted by atomic mass is 19.1. The van der Waals surface area contributed by atoms with Crippen molar-refractivity contribution in [3.05, 3.63) is 71.3 Å². The van der Waals surface area contributed by atoms with Crippen LogP contribution in [0, 0.1) is 5.82 Å². The van der Waals surface area contributed by atoms with Crippen molar-refractivity contribution in [1.82, 2.24) is 30.0 Å². The Labute approximate surface area is 154 Å². The molecule has 0 spiro atoms. The number of carbonyl (C=O) groups is 2. The number of halogens is 1. The van der Waals surface area contributed by atoms with Gasteiger partial charge in [0.25, 0.3) is 11.8 Å². The smallest absolute Gasteiger partial charge is 0.275 e. The molecular weight excluding hydrogens is 351 g/mol. The number of aromatic nitrogens is 4. The first-order valence-corrected chi connectivity index (χ1v) is 8.42. The summed E-state index contributed by atoms with van der Waals surface area (Å²) in [5, 5.41) is 6.99. The summed E-state index contributed by atoms with van der Waals surface area (Å²) in [6, 6.07) is 6.82. The van der Waals surface area contributed by atoms with E-state index in [1.807, 2.05) is 0 Å². The average molecular weight is 368 g/mol. The molecule has 27 heavy (non-hydrogen) atoms. The van der Waals surface area contributed by atoms with E-state index in [0.29, 0.717) is 30.2 Å². The van der Waals surface area contributed by atoms with E-state index >= 15 is 0 Å². The molecule has 1 atom stereocenters. The van der Waals surface area contributed by atoms with Crippen molar-refractivity contribution in [3.63, 3.8) is 0 Å². The number of aromatic amines is 1. The summed E-state index contributed by atoms with van der Waals surface area (Å²) in [6.45, 7) is 0.985. The van der Waals surface area contributed by atoms with Gasteiger partial charge in [-0.25, -0.2) is 9.37 Å². The Bertz CT molecular complexity index is 980. The summed E-state index contributed by atoms with van der Waals surface area (Å²) in [4.78, 5) is 33.7. The second kappa shape index (κ2) is 6.67. The molecule has 3 aromatic rings. The van der Waals surface area contributed by atoms with Gasteiger partial charge in [-0.2, -0.15) is 5.10 Å². The second-order valence-electron chi connectivity index (χ2n) is 6.24. The average Bonchev–Trinajstić information content (AvgIpc) is 3.33. The van der Waals surface area contributed by atoms with Crippen molar-refractivity contribution in [1.29, 1.82) is 0 Å². The molecule has 2 aromatic heterocycles. The fourth-order valence-electron chi connectivity index (χ4n) is 3.18. The minimum absolute atomic E-state index is 0.170. The third-order valence-corrected chi connectivity index (χ3v) is 4.51. The molecule has 0 saturated carbocycles. The number of H-pyrrole nitrogens is 1. The lowest BCUT2D eigenvalue weighted by Crippen LogP contribution is -2.35. The van der Waals surface area contributed by atoms with Gasteiger partial charge in [-0.1, -0.05) is 12.1 Å². The summed E-state index contributed by atoms with van der Waals surface area (Å²) in [6.07, 6.45) is 3.24. The van der Waals surface area contributed by atoms with E-state index in [2.05, 4.69) is 20.4 Å². The van der Waals surface area contributed by atoms with Gasteiger partial charge in [0.2, 0.25) is 0 Å². The lowest BCUT2D eigenvalue weighted by molar-refractivity contribution is 0.0743. The first-order valence-electron chi connectivity index (χ1n) is 8.42. The molecule has 8 nitrogen and oxygen atoms in total. The fourth-order valence-corrected chi connectivity index (χ4v) is 3.18. The SMILES string of the molecule is CN(C(=O)c1cc2n(n1)CCNC2=O)C(c1ccc(F)cc1)c1ncc[nH]1. The Hall–Kier alpha value is -3.49. The molecule has 1 aliphatic heterocycles. The Morgan fingerprint density at radius 1 is 1.33 bits per heavy atom. The molecule has 2 N–H and O–H groups in total. The van der Waals surface area contributed by atoms with Crippen LogP contribution >= 0.6 is 0 Å². The minimum atomic E-state index is -0.555. The lowest BCUT2D eigenvalue weighted by Gasteiger charge is -2.26. The van der Waals surface area contributed by atoms with E-state index in [-0.39, 0.29) is 23.3 Å². The van der Waals surface area contributed by atoms with Gasteiger partial charge in [-0.3, -0.25) is 14.3 Å². The fraction of sp³-hybridized carbons (Fsp3) is 0.222. The van der Waals surface area contributed by atoms with Crippen molar-refractivity contribution < 1.29 is 14.0 Å². The van der Waals surface area contributed by atoms with Gasteiger partial charge >= 0.3 is 0 Å². The van der Waals surface area contributed by atoms with E-state index in [9.17, 15) is 14.0 Å². The normalized spacial score (nSPS) is 14.4. The van der Waals surface area contributed by atoms with E-state index in [4.69, 9.17) is 0 Å². The highest BCUT2D eigenvalue weighted by molar-refractivity contribution is 5.98. The monoisotopic (exact) mass is 368 g/mol. The zero-order valence-corrected chi connectivity index (χ0v) is 14.5. The number of nitrogens with one attached hydrogen (secondary N) is 2. The number of benzene rings is 1. The Balaban J connectivity index is 1.69. The maximum Gasteiger partial charge on any atom is 0.275 e. The predicted octanol–water partition coefficient (Wildman–Crippen LogP) is 1.35. The summed E-state index contributed by atoms with van der Waals surface area (Å²) < 4.78 is 14.9. The second-order valence-corrected chi connectivity index (χ2v) is 6.24. The van der Waals surface area contributed by atoms with Crippen molar-refractivity contribution in [2.45, 2.75) is 12.6 Å². The third kappa shape index (κ3) is 3.07. The van der Waals surface area contributed by atoms with Crippen molar-refractivity contribution >= 4 is 11.8 Å². The predicted molar refractivity (Wildman–Crippen MR) is 93.5 cm³/mol. The molecule has 1 aliphatic rings. The van der Waals surface area contributed by atoms with Crippen LogP contribution in [0.2, 0.25) is 0 Å². The van der Waals surface area contributed by atoms with Gasteiger partial charge in [0.1, 0.15) is 23.4 Å². The first-order chi connectivity index (χ1) is 13.0. The Morgan fingerprint density at radius 2 is 2.11 bits per heavy atom. The molecular formula is C18H17FN6O2. The van der Waals surface area contributed by atoms with Crippen LogP contribution < -0.4 is 5.32 Å². The van der Waals surface area contributed by atoms with Gasteiger partial charge < -0.3 is 15.2 Å². The van der Waals surface area contributed by atoms with Gasteiger partial charge in [0.05, 0.1) is 6.54 Å². The van der Waals surface area contributed by atoms with Crippen molar-refractivity contribution in [2.24, 2.45) is 0 Å². The number of carbonyl (C=O) groups excluding carboxylic acids is 2. The number of amides is 2. The van der Waals surface area contributed by atoms with Gasteiger partial charge in [-0.05, 0) is 17.7 Å². The molecule has 0 radical (unpaired) electrons. The van der Waals surface area contributed by atoms with Gasteiger partial charge in [0, 0.05) is 32.1 Å². The summed E-state index contributed by atoms with van der Waals surface area (Å²) >= 11 is 0. The molecule has 138 valence electrons. The number of fused-ring (bicyclic) bond motifs is 1. The van der Waals surface area contributed by atoms with Gasteiger partial charge in [-0.15, -0.1) is 0 Å². The molecule has 3 heterocycles. The van der Waals surface area contributed by atoms with Crippen LogP contribution in [-0.2, 0) is 6.54 Å². The molecule has 0 fully saturated rings. The zero-order chi connectivity index (χ0) is 19.0. The maximum absolute atomic E-state index is 13.3.